The lowest BCUT2D eigenvalue weighted by molar-refractivity contribution is -0.396. The van der Waals surface area contributed by atoms with Crippen LogP contribution in [0.2, 0.25) is 0 Å². The van der Waals surface area contributed by atoms with Gasteiger partial charge in [0.25, 0.3) is 5.75 Å². The van der Waals surface area contributed by atoms with Gasteiger partial charge in [0, 0.05) is 0 Å². The van der Waals surface area contributed by atoms with Gasteiger partial charge < -0.3 is 4.74 Å². The molecule has 9 nitrogen and oxygen atoms in total. The van der Waals surface area contributed by atoms with Crippen LogP contribution in [0.25, 0.3) is 0 Å². The highest BCUT2D eigenvalue weighted by atomic mass is 16.6. The summed E-state index contributed by atoms with van der Waals surface area (Å²) in [7, 11) is 1.07. The number of hydrogen-bond donors (Lipinski definition) is 0. The van der Waals surface area contributed by atoms with Gasteiger partial charge in [-0.1, -0.05) is 0 Å². The minimum Gasteiger partial charge on any atom is -0.485 e. The monoisotopic (exact) mass is 241 g/mol. The second kappa shape index (κ2) is 4.51. The van der Waals surface area contributed by atoms with Gasteiger partial charge in [-0.3, -0.25) is 20.2 Å². The Morgan fingerprint density at radius 3 is 2.24 bits per heavy atom. The zero-order chi connectivity index (χ0) is 13.2. The van der Waals surface area contributed by atoms with Crippen molar-refractivity contribution in [1.29, 1.82) is 0 Å². The highest BCUT2D eigenvalue weighted by Gasteiger charge is 2.31. The molecule has 90 valence electrons. The number of nitrogens with zero attached hydrogens (tertiary/aromatic N) is 3. The van der Waals surface area contributed by atoms with E-state index in [-0.39, 0.29) is 11.3 Å². The van der Waals surface area contributed by atoms with E-state index >= 15 is 0 Å². The Hall–Kier alpha value is -2.58. The average molecular weight is 241 g/mol. The summed E-state index contributed by atoms with van der Waals surface area (Å²) >= 11 is 0. The molecule has 0 bridgehead atoms. The van der Waals surface area contributed by atoms with Gasteiger partial charge in [-0.2, -0.15) is 0 Å². The molecule has 0 aliphatic carbocycles. The molecule has 0 aliphatic heterocycles. The van der Waals surface area contributed by atoms with Crippen LogP contribution in [0.15, 0.2) is 11.2 Å². The van der Waals surface area contributed by atoms with Crippen molar-refractivity contribution in [2.45, 2.75) is 6.92 Å². The van der Waals surface area contributed by atoms with Crippen molar-refractivity contribution >= 4 is 17.1 Å². The zero-order valence-corrected chi connectivity index (χ0v) is 8.87. The van der Waals surface area contributed by atoms with E-state index < -0.39 is 27.0 Å². The smallest absolute Gasteiger partial charge is 0.323 e. The van der Waals surface area contributed by atoms with Gasteiger partial charge in [0.1, 0.15) is 5.69 Å². The van der Waals surface area contributed by atoms with E-state index in [2.05, 4.69) is 9.91 Å². The van der Waals surface area contributed by atoms with Crippen LogP contribution >= 0.6 is 0 Å². The molecule has 0 radical (unpaired) electrons. The van der Waals surface area contributed by atoms with Gasteiger partial charge in [0.05, 0.1) is 28.6 Å². The van der Waals surface area contributed by atoms with Crippen LogP contribution in [0, 0.1) is 32.1 Å². The van der Waals surface area contributed by atoms with Crippen molar-refractivity contribution in [2.75, 3.05) is 7.11 Å². The first-order chi connectivity index (χ1) is 7.93. The summed E-state index contributed by atoms with van der Waals surface area (Å²) in [6, 6.07) is 0.841. The number of ether oxygens (including phenoxy) is 1. The molecule has 0 atom stereocenters. The van der Waals surface area contributed by atoms with E-state index in [4.69, 9.17) is 0 Å². The van der Waals surface area contributed by atoms with Crippen LogP contribution in [-0.4, -0.2) is 17.0 Å². The fraction of sp³-hybridized carbons (Fsp3) is 0.250. The average Bonchev–Trinajstić information content (AvgIpc) is 2.27. The van der Waals surface area contributed by atoms with Crippen LogP contribution in [-0.2, 0) is 0 Å². The predicted molar refractivity (Wildman–Crippen MR) is 56.5 cm³/mol. The quantitative estimate of drug-likeness (QED) is 0.452. The predicted octanol–water partition coefficient (Wildman–Crippen LogP) is 2.22. The van der Waals surface area contributed by atoms with Crippen LogP contribution < -0.4 is 4.74 Å². The number of benzene rings is 1. The minimum absolute atomic E-state index is 0.0764. The molecule has 0 saturated carbocycles. The molecule has 1 aromatic rings. The first-order valence-corrected chi connectivity index (χ1v) is 4.27. The second-order valence-corrected chi connectivity index (χ2v) is 3.03. The van der Waals surface area contributed by atoms with Gasteiger partial charge in [0.2, 0.25) is 0 Å². The maximum atomic E-state index is 10.8. The van der Waals surface area contributed by atoms with E-state index in [1.807, 2.05) is 0 Å². The minimum atomic E-state index is -0.875. The van der Waals surface area contributed by atoms with Gasteiger partial charge in [0.15, 0.2) is 0 Å². The van der Waals surface area contributed by atoms with Crippen LogP contribution in [0.5, 0.6) is 5.75 Å². The van der Waals surface area contributed by atoms with Crippen LogP contribution in [0.1, 0.15) is 5.56 Å². The van der Waals surface area contributed by atoms with Crippen molar-refractivity contribution in [3.63, 3.8) is 0 Å². The van der Waals surface area contributed by atoms with Crippen molar-refractivity contribution in [3.05, 3.63) is 36.8 Å². The lowest BCUT2D eigenvalue weighted by Gasteiger charge is -2.06. The van der Waals surface area contributed by atoms with Gasteiger partial charge in [-0.25, -0.2) is 0 Å². The summed E-state index contributed by atoms with van der Waals surface area (Å²) in [4.78, 5) is 30.2. The summed E-state index contributed by atoms with van der Waals surface area (Å²) in [5, 5.41) is 24.0. The van der Waals surface area contributed by atoms with Gasteiger partial charge >= 0.3 is 11.4 Å². The molecule has 0 saturated heterocycles. The molecule has 0 N–H and O–H groups in total. The van der Waals surface area contributed by atoms with E-state index in [1.54, 1.807) is 0 Å². The lowest BCUT2D eigenvalue weighted by atomic mass is 10.1. The summed E-state index contributed by atoms with van der Waals surface area (Å²) in [6.45, 7) is 1.26. The van der Waals surface area contributed by atoms with E-state index in [1.165, 1.54) is 6.92 Å². The van der Waals surface area contributed by atoms with Gasteiger partial charge in [-0.15, -0.1) is 4.91 Å². The topological polar surface area (TPSA) is 125 Å². The maximum absolute atomic E-state index is 10.8. The molecule has 0 aliphatic rings. The molecule has 0 fully saturated rings. The summed E-state index contributed by atoms with van der Waals surface area (Å²) < 4.78 is 4.65. The number of hydrogen-bond acceptors (Lipinski definition) is 7. The summed E-state index contributed by atoms with van der Waals surface area (Å²) in [6.07, 6.45) is 0. The molecular formula is C8H7N3O6. The Morgan fingerprint density at radius 1 is 1.29 bits per heavy atom. The normalized spacial score (nSPS) is 9.76. The number of rotatable bonds is 4. The SMILES string of the molecule is COc1c([N+](=O)[O-])cc(N=O)c(C)c1[N+](=O)[O-]. The molecule has 0 amide bonds. The van der Waals surface area contributed by atoms with Crippen molar-refractivity contribution < 1.29 is 14.6 Å². The molecule has 0 spiro atoms. The highest BCUT2D eigenvalue weighted by molar-refractivity contribution is 5.72. The molecule has 1 aromatic carbocycles. The number of methoxy groups -OCH3 is 1. The molecular weight excluding hydrogens is 234 g/mol. The largest absolute Gasteiger partial charge is 0.485 e. The van der Waals surface area contributed by atoms with E-state index in [0.29, 0.717) is 0 Å². The summed E-state index contributed by atoms with van der Waals surface area (Å²) in [5.41, 5.74) is -1.73. The van der Waals surface area contributed by atoms with Crippen LogP contribution in [0.4, 0.5) is 17.1 Å². The second-order valence-electron chi connectivity index (χ2n) is 3.03. The number of nitro groups is 2. The zero-order valence-electron chi connectivity index (χ0n) is 8.87. The Morgan fingerprint density at radius 2 is 1.88 bits per heavy atom. The molecule has 9 heteroatoms. The maximum Gasteiger partial charge on any atom is 0.323 e. The van der Waals surface area contributed by atoms with Crippen molar-refractivity contribution in [2.24, 2.45) is 5.18 Å². The van der Waals surface area contributed by atoms with Crippen molar-refractivity contribution in [1.82, 2.24) is 0 Å². The Bertz CT molecular complexity index is 512. The first-order valence-electron chi connectivity index (χ1n) is 4.27. The standard InChI is InChI=1S/C8H7N3O6/c1-4-5(9-12)3-6(10(13)14)8(17-2)7(4)11(15)16/h3H,1-2H3. The molecule has 0 aromatic heterocycles. The molecule has 17 heavy (non-hydrogen) atoms. The van der Waals surface area contributed by atoms with E-state index in [9.17, 15) is 25.1 Å². The first kappa shape index (κ1) is 12.5. The lowest BCUT2D eigenvalue weighted by Crippen LogP contribution is -2.01. The van der Waals surface area contributed by atoms with Gasteiger partial charge in [-0.05, 0) is 12.1 Å². The third-order valence-corrected chi connectivity index (χ3v) is 2.14. The summed E-state index contributed by atoms with van der Waals surface area (Å²) in [5.74, 6) is -0.495. The van der Waals surface area contributed by atoms with E-state index in [0.717, 1.165) is 13.2 Å². The molecule has 1 rings (SSSR count). The number of nitro benzene ring substituents is 2. The highest BCUT2D eigenvalue weighted by Crippen LogP contribution is 2.43. The van der Waals surface area contributed by atoms with Crippen molar-refractivity contribution in [3.8, 4) is 5.75 Å². The molecule has 0 unspecified atom stereocenters. The van der Waals surface area contributed by atoms with Crippen LogP contribution in [0.3, 0.4) is 0 Å². The Balaban J connectivity index is 3.76. The fourth-order valence-corrected chi connectivity index (χ4v) is 1.37. The molecule has 0 heterocycles. The third-order valence-electron chi connectivity index (χ3n) is 2.14. The third kappa shape index (κ3) is 2.02. The Kier molecular flexibility index (Phi) is 3.31. The Labute approximate surface area is 94.3 Å². The fourth-order valence-electron chi connectivity index (χ4n) is 1.37. The number of nitroso groups, excluding NO2 is 1.